The standard InChI is InChI=1S/C20H16N2O2S/c1-3-14-25-20-21-17-6-4-5-7-18(17)22(20)19(23)13-10-15-8-11-16(24-2)12-9-15/h1,4-13H,14H2,2H3. The number of aromatic nitrogens is 2. The van der Waals surface area contributed by atoms with Crippen molar-refractivity contribution in [3.05, 3.63) is 60.2 Å². The molecule has 0 amide bonds. The van der Waals surface area contributed by atoms with Crippen molar-refractivity contribution in [2.45, 2.75) is 5.16 Å². The zero-order valence-corrected chi connectivity index (χ0v) is 14.5. The van der Waals surface area contributed by atoms with Crippen LogP contribution in [0, 0.1) is 12.3 Å². The van der Waals surface area contributed by atoms with Crippen molar-refractivity contribution < 1.29 is 9.53 Å². The summed E-state index contributed by atoms with van der Waals surface area (Å²) in [6.07, 6.45) is 8.65. The Morgan fingerprint density at radius 3 is 2.76 bits per heavy atom. The summed E-state index contributed by atoms with van der Waals surface area (Å²) in [6.45, 7) is 0. The third-order valence-electron chi connectivity index (χ3n) is 3.57. The number of nitrogens with zero attached hydrogens (tertiary/aromatic N) is 2. The maximum absolute atomic E-state index is 12.7. The molecule has 1 aromatic heterocycles. The summed E-state index contributed by atoms with van der Waals surface area (Å²) in [7, 11) is 1.62. The van der Waals surface area contributed by atoms with Crippen molar-refractivity contribution in [1.29, 1.82) is 0 Å². The van der Waals surface area contributed by atoms with Crippen LogP contribution in [0.5, 0.6) is 5.75 Å². The van der Waals surface area contributed by atoms with Crippen molar-refractivity contribution in [2.75, 3.05) is 12.9 Å². The maximum Gasteiger partial charge on any atom is 0.257 e. The summed E-state index contributed by atoms with van der Waals surface area (Å²) < 4.78 is 6.73. The van der Waals surface area contributed by atoms with E-state index in [4.69, 9.17) is 11.2 Å². The highest BCUT2D eigenvalue weighted by Crippen LogP contribution is 2.24. The zero-order valence-electron chi connectivity index (χ0n) is 13.7. The van der Waals surface area contributed by atoms with Gasteiger partial charge in [-0.2, -0.15) is 0 Å². The molecule has 2 aromatic carbocycles. The Morgan fingerprint density at radius 1 is 1.28 bits per heavy atom. The molecular formula is C20H16N2O2S. The Bertz CT molecular complexity index is 966. The van der Waals surface area contributed by atoms with E-state index in [1.807, 2.05) is 48.5 Å². The Morgan fingerprint density at radius 2 is 2.04 bits per heavy atom. The second kappa shape index (κ2) is 7.73. The molecule has 3 aromatic rings. The largest absolute Gasteiger partial charge is 0.497 e. The minimum atomic E-state index is -0.163. The lowest BCUT2D eigenvalue weighted by Gasteiger charge is -2.03. The van der Waals surface area contributed by atoms with E-state index in [1.165, 1.54) is 17.8 Å². The zero-order chi connectivity index (χ0) is 17.6. The lowest BCUT2D eigenvalue weighted by Crippen LogP contribution is -2.08. The molecule has 1 heterocycles. The van der Waals surface area contributed by atoms with Crippen LogP contribution in [0.3, 0.4) is 0 Å². The van der Waals surface area contributed by atoms with Crippen LogP contribution in [-0.2, 0) is 0 Å². The van der Waals surface area contributed by atoms with Crippen LogP contribution in [0.1, 0.15) is 10.4 Å². The molecule has 0 bridgehead atoms. The number of para-hydroxylation sites is 2. The molecule has 3 rings (SSSR count). The minimum Gasteiger partial charge on any atom is -0.497 e. The van der Waals surface area contributed by atoms with Gasteiger partial charge in [-0.25, -0.2) is 4.98 Å². The van der Waals surface area contributed by atoms with Gasteiger partial charge in [0, 0.05) is 6.08 Å². The van der Waals surface area contributed by atoms with E-state index in [9.17, 15) is 4.79 Å². The number of ether oxygens (including phenoxy) is 1. The average Bonchev–Trinajstić information content (AvgIpc) is 3.03. The topological polar surface area (TPSA) is 44.1 Å². The van der Waals surface area contributed by atoms with Gasteiger partial charge < -0.3 is 4.74 Å². The molecule has 5 heteroatoms. The predicted octanol–water partition coefficient (Wildman–Crippen LogP) is 4.12. The van der Waals surface area contributed by atoms with E-state index in [2.05, 4.69) is 10.9 Å². The summed E-state index contributed by atoms with van der Waals surface area (Å²) in [5, 5.41) is 0.600. The molecule has 0 aliphatic heterocycles. The number of terminal acetylenes is 1. The van der Waals surface area contributed by atoms with Gasteiger partial charge in [0.05, 0.1) is 23.9 Å². The quantitative estimate of drug-likeness (QED) is 0.395. The lowest BCUT2D eigenvalue weighted by atomic mass is 10.2. The summed E-state index contributed by atoms with van der Waals surface area (Å²) in [6, 6.07) is 15.0. The van der Waals surface area contributed by atoms with E-state index in [0.717, 1.165) is 22.3 Å². The first-order valence-electron chi connectivity index (χ1n) is 7.63. The van der Waals surface area contributed by atoms with Gasteiger partial charge in [-0.15, -0.1) is 6.42 Å². The highest BCUT2D eigenvalue weighted by molar-refractivity contribution is 7.99. The van der Waals surface area contributed by atoms with Crippen molar-refractivity contribution in [1.82, 2.24) is 9.55 Å². The van der Waals surface area contributed by atoms with Crippen molar-refractivity contribution in [2.24, 2.45) is 0 Å². The van der Waals surface area contributed by atoms with Crippen LogP contribution in [0.25, 0.3) is 17.1 Å². The molecule has 0 unspecified atom stereocenters. The van der Waals surface area contributed by atoms with Crippen LogP contribution >= 0.6 is 11.8 Å². The molecular weight excluding hydrogens is 332 g/mol. The van der Waals surface area contributed by atoms with Crippen molar-refractivity contribution in [3.8, 4) is 18.1 Å². The van der Waals surface area contributed by atoms with Crippen molar-refractivity contribution in [3.63, 3.8) is 0 Å². The highest BCUT2D eigenvalue weighted by Gasteiger charge is 2.14. The van der Waals surface area contributed by atoms with E-state index in [-0.39, 0.29) is 5.91 Å². The number of hydrogen-bond acceptors (Lipinski definition) is 4. The molecule has 0 saturated carbocycles. The summed E-state index contributed by atoms with van der Waals surface area (Å²) in [4.78, 5) is 17.3. The number of allylic oxidation sites excluding steroid dienone is 1. The molecule has 0 aliphatic rings. The summed E-state index contributed by atoms with van der Waals surface area (Å²) in [5.41, 5.74) is 2.45. The van der Waals surface area contributed by atoms with Crippen LogP contribution in [0.15, 0.2) is 59.8 Å². The van der Waals surface area contributed by atoms with E-state index < -0.39 is 0 Å². The van der Waals surface area contributed by atoms with Gasteiger partial charge in [-0.05, 0) is 35.9 Å². The molecule has 0 spiro atoms. The second-order valence-electron chi connectivity index (χ2n) is 5.16. The molecule has 25 heavy (non-hydrogen) atoms. The first-order chi connectivity index (χ1) is 12.2. The summed E-state index contributed by atoms with van der Waals surface area (Å²) in [5.74, 6) is 3.63. The monoisotopic (exact) mass is 348 g/mol. The van der Waals surface area contributed by atoms with E-state index in [1.54, 1.807) is 17.8 Å². The molecule has 0 radical (unpaired) electrons. The number of methoxy groups -OCH3 is 1. The maximum atomic E-state index is 12.7. The van der Waals surface area contributed by atoms with Gasteiger partial charge in [0.1, 0.15) is 5.75 Å². The van der Waals surface area contributed by atoms with E-state index in [0.29, 0.717) is 10.9 Å². The van der Waals surface area contributed by atoms with Crippen LogP contribution in [-0.4, -0.2) is 28.3 Å². The average molecular weight is 348 g/mol. The smallest absolute Gasteiger partial charge is 0.257 e. The Labute approximate surface area is 150 Å². The third kappa shape index (κ3) is 3.76. The number of hydrogen-bond donors (Lipinski definition) is 0. The number of carbonyl (C=O) groups excluding carboxylic acids is 1. The molecule has 0 fully saturated rings. The molecule has 0 atom stereocenters. The Kier molecular flexibility index (Phi) is 5.22. The molecule has 0 aliphatic carbocycles. The van der Waals surface area contributed by atoms with Gasteiger partial charge in [0.2, 0.25) is 0 Å². The lowest BCUT2D eigenvalue weighted by molar-refractivity contribution is 0.0965. The number of rotatable bonds is 5. The second-order valence-corrected chi connectivity index (χ2v) is 6.10. The van der Waals surface area contributed by atoms with Crippen LogP contribution in [0.2, 0.25) is 0 Å². The van der Waals surface area contributed by atoms with Crippen molar-refractivity contribution >= 4 is 34.8 Å². The molecule has 0 N–H and O–H groups in total. The van der Waals surface area contributed by atoms with Gasteiger partial charge >= 0.3 is 0 Å². The first-order valence-corrected chi connectivity index (χ1v) is 8.61. The number of benzene rings is 2. The van der Waals surface area contributed by atoms with Gasteiger partial charge in [0.15, 0.2) is 5.16 Å². The number of thioether (sulfide) groups is 1. The minimum absolute atomic E-state index is 0.163. The predicted molar refractivity (Wildman–Crippen MR) is 102 cm³/mol. The number of carbonyl (C=O) groups is 1. The van der Waals surface area contributed by atoms with Gasteiger partial charge in [0.25, 0.3) is 5.91 Å². The Balaban J connectivity index is 1.92. The highest BCUT2D eigenvalue weighted by atomic mass is 32.2. The number of fused-ring (bicyclic) bond motifs is 1. The van der Waals surface area contributed by atoms with E-state index >= 15 is 0 Å². The third-order valence-corrected chi connectivity index (χ3v) is 4.41. The van der Waals surface area contributed by atoms with Crippen LogP contribution < -0.4 is 4.74 Å². The fraction of sp³-hybridized carbons (Fsp3) is 0.100. The Hall–Kier alpha value is -2.97. The fourth-order valence-corrected chi connectivity index (χ4v) is 3.07. The first kappa shape index (κ1) is 16.9. The fourth-order valence-electron chi connectivity index (χ4n) is 2.38. The molecule has 4 nitrogen and oxygen atoms in total. The summed E-state index contributed by atoms with van der Waals surface area (Å²) >= 11 is 1.37. The molecule has 0 saturated heterocycles. The SMILES string of the molecule is C#CCSc1nc2ccccc2n1C(=O)C=Cc1ccc(OC)cc1. The van der Waals surface area contributed by atoms with Gasteiger partial charge in [-0.3, -0.25) is 9.36 Å². The normalized spacial score (nSPS) is 10.9. The molecule has 124 valence electrons. The van der Waals surface area contributed by atoms with Crippen LogP contribution in [0.4, 0.5) is 0 Å². The van der Waals surface area contributed by atoms with Gasteiger partial charge in [-0.1, -0.05) is 41.9 Å². The number of imidazole rings is 1.